The monoisotopic (exact) mass is 471 g/mol. The smallest absolute Gasteiger partial charge is 0.242 e. The number of amides is 2. The van der Waals surface area contributed by atoms with E-state index in [9.17, 15) is 18.0 Å². The van der Waals surface area contributed by atoms with Gasteiger partial charge in [0.1, 0.15) is 6.04 Å². The van der Waals surface area contributed by atoms with E-state index in [1.54, 1.807) is 24.0 Å². The molecular formula is C25H33N3O4S. The molecule has 0 saturated carbocycles. The van der Waals surface area contributed by atoms with E-state index in [4.69, 9.17) is 0 Å². The molecule has 0 bridgehead atoms. The van der Waals surface area contributed by atoms with Crippen LogP contribution in [0.2, 0.25) is 0 Å². The van der Waals surface area contributed by atoms with Crippen molar-refractivity contribution in [1.29, 1.82) is 0 Å². The summed E-state index contributed by atoms with van der Waals surface area (Å²) in [5.74, 6) is -0.268. The third kappa shape index (κ3) is 5.81. The Balaban J connectivity index is 1.81. The number of hydrogen-bond donors (Lipinski definition) is 2. The van der Waals surface area contributed by atoms with Crippen LogP contribution in [0, 0.1) is 19.8 Å². The van der Waals surface area contributed by atoms with E-state index in [-0.39, 0.29) is 16.7 Å². The molecule has 7 nitrogen and oxygen atoms in total. The highest BCUT2D eigenvalue weighted by Gasteiger charge is 2.29. The lowest BCUT2D eigenvalue weighted by Gasteiger charge is -2.21. The number of sulfonamides is 1. The van der Waals surface area contributed by atoms with Crippen molar-refractivity contribution in [3.05, 3.63) is 53.1 Å². The highest BCUT2D eigenvalue weighted by molar-refractivity contribution is 7.89. The number of fused-ring (bicyclic) bond motifs is 1. The molecule has 1 heterocycles. The van der Waals surface area contributed by atoms with Crippen LogP contribution in [0.25, 0.3) is 0 Å². The quantitative estimate of drug-likeness (QED) is 0.610. The Morgan fingerprint density at radius 1 is 1.06 bits per heavy atom. The van der Waals surface area contributed by atoms with Crippen molar-refractivity contribution < 1.29 is 18.0 Å². The summed E-state index contributed by atoms with van der Waals surface area (Å²) in [6.45, 7) is 10.2. The number of carbonyl (C=O) groups is 2. The largest absolute Gasteiger partial charge is 0.325 e. The van der Waals surface area contributed by atoms with Crippen LogP contribution >= 0.6 is 0 Å². The lowest BCUT2D eigenvalue weighted by molar-refractivity contribution is -0.118. The van der Waals surface area contributed by atoms with Gasteiger partial charge in [-0.1, -0.05) is 26.8 Å². The molecule has 0 saturated heterocycles. The van der Waals surface area contributed by atoms with E-state index in [1.807, 2.05) is 45.9 Å². The summed E-state index contributed by atoms with van der Waals surface area (Å²) < 4.78 is 29.0. The van der Waals surface area contributed by atoms with Gasteiger partial charge in [-0.15, -0.1) is 0 Å². The second kappa shape index (κ2) is 10.1. The van der Waals surface area contributed by atoms with Gasteiger partial charge in [0.05, 0.1) is 4.90 Å². The first-order chi connectivity index (χ1) is 15.5. The van der Waals surface area contributed by atoms with Crippen LogP contribution in [0.4, 0.5) is 11.4 Å². The molecule has 0 spiro atoms. The molecule has 1 aliphatic heterocycles. The van der Waals surface area contributed by atoms with Gasteiger partial charge in [0.15, 0.2) is 0 Å². The Bertz CT molecular complexity index is 1160. The van der Waals surface area contributed by atoms with Gasteiger partial charge >= 0.3 is 0 Å². The molecule has 8 heteroatoms. The standard InChI is InChI=1S/C25H33N3O4S/c1-6-24(29)28-12-11-19-15-21(9-10-23(19)28)33(31,32)27-22(13-16(2)3)25(30)26-20-8-7-17(4)18(5)14-20/h7-10,14-16,22,27H,6,11-13H2,1-5H3,(H,26,30)/t22-/m0/s1. The van der Waals surface area contributed by atoms with Crippen LogP contribution in [0.1, 0.15) is 50.3 Å². The summed E-state index contributed by atoms with van der Waals surface area (Å²) in [5, 5.41) is 2.85. The molecule has 0 radical (unpaired) electrons. The van der Waals surface area contributed by atoms with Crippen molar-refractivity contribution >= 4 is 33.2 Å². The first-order valence-corrected chi connectivity index (χ1v) is 12.8. The minimum absolute atomic E-state index is 0.0162. The molecule has 33 heavy (non-hydrogen) atoms. The van der Waals surface area contributed by atoms with Gasteiger partial charge in [0, 0.05) is 24.3 Å². The van der Waals surface area contributed by atoms with Gasteiger partial charge in [-0.25, -0.2) is 8.42 Å². The van der Waals surface area contributed by atoms with Gasteiger partial charge < -0.3 is 10.2 Å². The lowest BCUT2D eigenvalue weighted by Crippen LogP contribution is -2.44. The van der Waals surface area contributed by atoms with Crippen LogP contribution in [0.15, 0.2) is 41.3 Å². The van der Waals surface area contributed by atoms with Crippen LogP contribution in [0.5, 0.6) is 0 Å². The number of aryl methyl sites for hydroxylation is 2. The molecule has 0 aromatic heterocycles. The van der Waals surface area contributed by atoms with E-state index < -0.39 is 22.0 Å². The Kier molecular flexibility index (Phi) is 7.59. The first kappa shape index (κ1) is 24.9. The van der Waals surface area contributed by atoms with E-state index in [0.717, 1.165) is 22.4 Å². The molecule has 2 amide bonds. The normalized spacial score (nSPS) is 14.3. The number of benzene rings is 2. The fourth-order valence-electron chi connectivity index (χ4n) is 3.98. The van der Waals surface area contributed by atoms with Gasteiger partial charge in [0.2, 0.25) is 21.8 Å². The Hall–Kier alpha value is -2.71. The van der Waals surface area contributed by atoms with Gasteiger partial charge in [-0.3, -0.25) is 9.59 Å². The predicted octanol–water partition coefficient (Wildman–Crippen LogP) is 3.93. The maximum absolute atomic E-state index is 13.2. The van der Waals surface area contributed by atoms with Crippen molar-refractivity contribution in [3.8, 4) is 0 Å². The third-order valence-corrected chi connectivity index (χ3v) is 7.43. The van der Waals surface area contributed by atoms with Crippen LogP contribution < -0.4 is 14.9 Å². The van der Waals surface area contributed by atoms with Crippen LogP contribution in [0.3, 0.4) is 0 Å². The molecule has 2 aromatic carbocycles. The predicted molar refractivity (Wildman–Crippen MR) is 131 cm³/mol. The molecule has 0 fully saturated rings. The maximum Gasteiger partial charge on any atom is 0.242 e. The van der Waals surface area contributed by atoms with Crippen molar-refractivity contribution in [2.75, 3.05) is 16.8 Å². The zero-order valence-electron chi connectivity index (χ0n) is 19.9. The van der Waals surface area contributed by atoms with Crippen molar-refractivity contribution in [3.63, 3.8) is 0 Å². The number of carbonyl (C=O) groups excluding carboxylic acids is 2. The average molecular weight is 472 g/mol. The van der Waals surface area contributed by atoms with Crippen LogP contribution in [-0.4, -0.2) is 32.8 Å². The maximum atomic E-state index is 13.2. The summed E-state index contributed by atoms with van der Waals surface area (Å²) in [5.41, 5.74) is 4.37. The minimum atomic E-state index is -3.94. The van der Waals surface area contributed by atoms with Crippen molar-refractivity contribution in [2.24, 2.45) is 5.92 Å². The molecular weight excluding hydrogens is 438 g/mol. The topological polar surface area (TPSA) is 95.6 Å². The molecule has 2 aromatic rings. The molecule has 0 unspecified atom stereocenters. The van der Waals surface area contributed by atoms with Gasteiger partial charge in [-0.2, -0.15) is 4.72 Å². The Labute approximate surface area is 196 Å². The summed E-state index contributed by atoms with van der Waals surface area (Å²) in [6.07, 6.45) is 1.36. The number of hydrogen-bond acceptors (Lipinski definition) is 4. The SMILES string of the molecule is CCC(=O)N1CCc2cc(S(=O)(=O)N[C@@H](CC(C)C)C(=O)Nc3ccc(C)c(C)c3)ccc21. The Morgan fingerprint density at radius 3 is 2.42 bits per heavy atom. The number of nitrogens with one attached hydrogen (secondary N) is 2. The minimum Gasteiger partial charge on any atom is -0.325 e. The van der Waals surface area contributed by atoms with E-state index in [1.165, 1.54) is 6.07 Å². The summed E-state index contributed by atoms with van der Waals surface area (Å²) >= 11 is 0. The lowest BCUT2D eigenvalue weighted by atomic mass is 10.0. The van der Waals surface area contributed by atoms with Crippen molar-refractivity contribution in [1.82, 2.24) is 4.72 Å². The highest BCUT2D eigenvalue weighted by Crippen LogP contribution is 2.31. The number of anilines is 2. The average Bonchev–Trinajstić information content (AvgIpc) is 3.18. The summed E-state index contributed by atoms with van der Waals surface area (Å²) in [4.78, 5) is 26.9. The molecule has 1 atom stereocenters. The highest BCUT2D eigenvalue weighted by atomic mass is 32.2. The fourth-order valence-corrected chi connectivity index (χ4v) is 5.24. The zero-order valence-corrected chi connectivity index (χ0v) is 20.8. The number of rotatable bonds is 8. The molecule has 2 N–H and O–H groups in total. The van der Waals surface area contributed by atoms with Gasteiger partial charge in [-0.05, 0) is 79.6 Å². The third-order valence-electron chi connectivity index (χ3n) is 5.96. The summed E-state index contributed by atoms with van der Waals surface area (Å²) in [7, 11) is -3.94. The van der Waals surface area contributed by atoms with E-state index in [0.29, 0.717) is 31.5 Å². The molecule has 0 aliphatic carbocycles. The number of nitrogens with zero attached hydrogens (tertiary/aromatic N) is 1. The van der Waals surface area contributed by atoms with Gasteiger partial charge in [0.25, 0.3) is 0 Å². The van der Waals surface area contributed by atoms with Crippen molar-refractivity contribution in [2.45, 2.75) is 64.8 Å². The van der Waals surface area contributed by atoms with Crippen LogP contribution in [-0.2, 0) is 26.0 Å². The second-order valence-corrected chi connectivity index (χ2v) is 10.7. The van der Waals surface area contributed by atoms with E-state index in [2.05, 4.69) is 10.0 Å². The fraction of sp³-hybridized carbons (Fsp3) is 0.440. The molecule has 3 rings (SSSR count). The second-order valence-electron chi connectivity index (χ2n) is 9.03. The first-order valence-electron chi connectivity index (χ1n) is 11.4. The molecule has 1 aliphatic rings. The summed E-state index contributed by atoms with van der Waals surface area (Å²) in [6, 6.07) is 9.47. The van der Waals surface area contributed by atoms with E-state index >= 15 is 0 Å². The Morgan fingerprint density at radius 2 is 1.79 bits per heavy atom. The zero-order chi connectivity index (χ0) is 24.3. The molecule has 178 valence electrons.